The van der Waals surface area contributed by atoms with Crippen molar-refractivity contribution in [2.45, 2.75) is 0 Å². The molecule has 0 radical (unpaired) electrons. The quantitative estimate of drug-likeness (QED) is 0.757. The summed E-state index contributed by atoms with van der Waals surface area (Å²) in [6.45, 7) is 0. The minimum absolute atomic E-state index is 0.244. The lowest BCUT2D eigenvalue weighted by Gasteiger charge is -1.96. The number of rotatable bonds is 1. The minimum atomic E-state index is -0.244. The van der Waals surface area contributed by atoms with Crippen molar-refractivity contribution in [1.82, 2.24) is 4.37 Å². The Morgan fingerprint density at radius 1 is 1.31 bits per heavy atom. The SMILES string of the molecule is Nc1cc(-c2ccccc2F)sn1. The van der Waals surface area contributed by atoms with Gasteiger partial charge in [-0.3, -0.25) is 0 Å². The largest absolute Gasteiger partial charge is 0.383 e. The molecule has 4 heteroatoms. The summed E-state index contributed by atoms with van der Waals surface area (Å²) in [6, 6.07) is 8.24. The van der Waals surface area contributed by atoms with Crippen LogP contribution in [0.3, 0.4) is 0 Å². The van der Waals surface area contributed by atoms with E-state index in [2.05, 4.69) is 4.37 Å². The van der Waals surface area contributed by atoms with Gasteiger partial charge in [-0.05, 0) is 17.6 Å². The molecule has 66 valence electrons. The predicted octanol–water partition coefficient (Wildman–Crippen LogP) is 2.53. The molecule has 0 aliphatic heterocycles. The standard InChI is InChI=1S/C9H7FN2S/c10-7-4-2-1-3-6(7)8-5-9(11)12-13-8/h1-5H,(H2,11,12). The van der Waals surface area contributed by atoms with Gasteiger partial charge in [-0.15, -0.1) is 0 Å². The average molecular weight is 194 g/mol. The first-order chi connectivity index (χ1) is 6.27. The number of benzene rings is 1. The molecule has 2 aromatic rings. The van der Waals surface area contributed by atoms with Gasteiger partial charge in [-0.25, -0.2) is 4.39 Å². The van der Waals surface area contributed by atoms with Gasteiger partial charge in [0.1, 0.15) is 11.6 Å². The number of hydrogen-bond donors (Lipinski definition) is 1. The number of nitrogen functional groups attached to an aromatic ring is 1. The van der Waals surface area contributed by atoms with Crippen LogP contribution in [0, 0.1) is 5.82 Å². The summed E-state index contributed by atoms with van der Waals surface area (Å²) in [4.78, 5) is 0.760. The molecule has 0 atom stereocenters. The van der Waals surface area contributed by atoms with Gasteiger partial charge in [0.25, 0.3) is 0 Å². The number of nitrogens with two attached hydrogens (primary N) is 1. The van der Waals surface area contributed by atoms with Gasteiger partial charge in [0, 0.05) is 11.6 Å². The zero-order valence-electron chi connectivity index (χ0n) is 6.70. The highest BCUT2D eigenvalue weighted by atomic mass is 32.1. The predicted molar refractivity (Wildman–Crippen MR) is 51.9 cm³/mol. The molecular weight excluding hydrogens is 187 g/mol. The van der Waals surface area contributed by atoms with Crippen LogP contribution in [0.5, 0.6) is 0 Å². The maximum Gasteiger partial charge on any atom is 0.137 e. The molecule has 2 rings (SSSR count). The highest BCUT2D eigenvalue weighted by molar-refractivity contribution is 7.09. The van der Waals surface area contributed by atoms with Crippen molar-refractivity contribution in [1.29, 1.82) is 0 Å². The molecule has 0 saturated heterocycles. The molecule has 1 heterocycles. The van der Waals surface area contributed by atoms with Gasteiger partial charge >= 0.3 is 0 Å². The van der Waals surface area contributed by atoms with Crippen LogP contribution >= 0.6 is 11.5 Å². The zero-order chi connectivity index (χ0) is 9.26. The molecule has 1 aromatic carbocycles. The Balaban J connectivity index is 2.52. The molecule has 0 amide bonds. The molecule has 2 N–H and O–H groups in total. The van der Waals surface area contributed by atoms with Gasteiger partial charge in [0.05, 0.1) is 4.88 Å². The summed E-state index contributed by atoms with van der Waals surface area (Å²) < 4.78 is 17.1. The highest BCUT2D eigenvalue weighted by Gasteiger charge is 2.06. The normalized spacial score (nSPS) is 10.2. The van der Waals surface area contributed by atoms with E-state index in [9.17, 15) is 4.39 Å². The van der Waals surface area contributed by atoms with Crippen molar-refractivity contribution in [2.75, 3.05) is 5.73 Å². The van der Waals surface area contributed by atoms with Crippen molar-refractivity contribution in [3.05, 3.63) is 36.1 Å². The number of anilines is 1. The van der Waals surface area contributed by atoms with Crippen molar-refractivity contribution in [2.24, 2.45) is 0 Å². The number of hydrogen-bond acceptors (Lipinski definition) is 3. The highest BCUT2D eigenvalue weighted by Crippen LogP contribution is 2.27. The number of nitrogens with zero attached hydrogens (tertiary/aromatic N) is 1. The van der Waals surface area contributed by atoms with Crippen LogP contribution in [0.15, 0.2) is 30.3 Å². The van der Waals surface area contributed by atoms with Crippen LogP contribution in [0.25, 0.3) is 10.4 Å². The first-order valence-corrected chi connectivity index (χ1v) is 4.52. The van der Waals surface area contributed by atoms with Gasteiger partial charge in [-0.1, -0.05) is 18.2 Å². The van der Waals surface area contributed by atoms with E-state index in [0.29, 0.717) is 11.4 Å². The van der Waals surface area contributed by atoms with Gasteiger partial charge in [0.15, 0.2) is 0 Å². The molecule has 0 aliphatic carbocycles. The molecule has 0 fully saturated rings. The summed E-state index contributed by atoms with van der Waals surface area (Å²) in [5, 5.41) is 0. The summed E-state index contributed by atoms with van der Waals surface area (Å²) in [5.74, 6) is 0.189. The van der Waals surface area contributed by atoms with Crippen molar-refractivity contribution in [3.8, 4) is 10.4 Å². The fourth-order valence-electron chi connectivity index (χ4n) is 1.08. The van der Waals surface area contributed by atoms with E-state index in [4.69, 9.17) is 5.73 Å². The molecule has 0 aliphatic rings. The van der Waals surface area contributed by atoms with Crippen molar-refractivity contribution < 1.29 is 4.39 Å². The van der Waals surface area contributed by atoms with E-state index in [1.54, 1.807) is 24.3 Å². The third kappa shape index (κ3) is 1.53. The van der Waals surface area contributed by atoms with Gasteiger partial charge < -0.3 is 5.73 Å². The first kappa shape index (κ1) is 8.19. The third-order valence-corrected chi connectivity index (χ3v) is 2.50. The molecule has 2 nitrogen and oxygen atoms in total. The average Bonchev–Trinajstić information content (AvgIpc) is 2.53. The molecular formula is C9H7FN2S. The van der Waals surface area contributed by atoms with Gasteiger partial charge in [-0.2, -0.15) is 4.37 Å². The minimum Gasteiger partial charge on any atom is -0.383 e. The Hall–Kier alpha value is -1.42. The van der Waals surface area contributed by atoms with Crippen LogP contribution in [0.4, 0.5) is 10.2 Å². The lowest BCUT2D eigenvalue weighted by atomic mass is 10.2. The molecule has 0 bridgehead atoms. The summed E-state index contributed by atoms with van der Waals surface area (Å²) in [6.07, 6.45) is 0. The Labute approximate surface area is 79.0 Å². The molecule has 0 spiro atoms. The maximum absolute atomic E-state index is 13.2. The second-order valence-electron chi connectivity index (χ2n) is 2.60. The van der Waals surface area contributed by atoms with Crippen LogP contribution in [0.1, 0.15) is 0 Å². The van der Waals surface area contributed by atoms with Gasteiger partial charge in [0.2, 0.25) is 0 Å². The Kier molecular flexibility index (Phi) is 1.98. The van der Waals surface area contributed by atoms with Crippen LogP contribution in [-0.2, 0) is 0 Å². The Morgan fingerprint density at radius 2 is 2.08 bits per heavy atom. The topological polar surface area (TPSA) is 38.9 Å². The monoisotopic (exact) mass is 194 g/mol. The van der Waals surface area contributed by atoms with Crippen molar-refractivity contribution in [3.63, 3.8) is 0 Å². The Bertz CT molecular complexity index is 425. The summed E-state index contributed by atoms with van der Waals surface area (Å²) in [5.41, 5.74) is 6.00. The lowest BCUT2D eigenvalue weighted by Crippen LogP contribution is -1.81. The summed E-state index contributed by atoms with van der Waals surface area (Å²) in [7, 11) is 0. The van der Waals surface area contributed by atoms with E-state index < -0.39 is 0 Å². The second kappa shape index (κ2) is 3.14. The molecule has 13 heavy (non-hydrogen) atoms. The van der Waals surface area contributed by atoms with E-state index in [1.807, 2.05) is 0 Å². The van der Waals surface area contributed by atoms with E-state index in [0.717, 1.165) is 4.88 Å². The zero-order valence-corrected chi connectivity index (χ0v) is 7.51. The second-order valence-corrected chi connectivity index (χ2v) is 3.40. The van der Waals surface area contributed by atoms with Crippen LogP contribution < -0.4 is 5.73 Å². The fourth-order valence-corrected chi connectivity index (χ4v) is 1.77. The van der Waals surface area contributed by atoms with Crippen molar-refractivity contribution >= 4 is 17.4 Å². The smallest absolute Gasteiger partial charge is 0.137 e. The third-order valence-electron chi connectivity index (χ3n) is 1.67. The van der Waals surface area contributed by atoms with E-state index >= 15 is 0 Å². The fraction of sp³-hybridized carbons (Fsp3) is 0. The first-order valence-electron chi connectivity index (χ1n) is 3.74. The molecule has 1 aromatic heterocycles. The van der Waals surface area contributed by atoms with Crippen LogP contribution in [0.2, 0.25) is 0 Å². The van der Waals surface area contributed by atoms with E-state index in [-0.39, 0.29) is 5.82 Å². The molecule has 0 unspecified atom stereocenters. The lowest BCUT2D eigenvalue weighted by molar-refractivity contribution is 0.632. The van der Waals surface area contributed by atoms with E-state index in [1.165, 1.54) is 17.6 Å². The number of aromatic nitrogens is 1. The number of halogens is 1. The summed E-state index contributed by atoms with van der Waals surface area (Å²) >= 11 is 1.20. The Morgan fingerprint density at radius 3 is 2.69 bits per heavy atom. The van der Waals surface area contributed by atoms with Crippen LogP contribution in [-0.4, -0.2) is 4.37 Å². The maximum atomic E-state index is 13.2. The molecule has 0 saturated carbocycles.